The van der Waals surface area contributed by atoms with Gasteiger partial charge in [-0.25, -0.2) is 17.5 Å². The Morgan fingerprint density at radius 2 is 2.00 bits per heavy atom. The second-order valence-corrected chi connectivity index (χ2v) is 8.27. The zero-order valence-corrected chi connectivity index (χ0v) is 14.1. The lowest BCUT2D eigenvalue weighted by Crippen LogP contribution is -2.25. The van der Waals surface area contributed by atoms with Crippen LogP contribution in [0.2, 0.25) is 0 Å². The number of carbonyl (C=O) groups is 1. The lowest BCUT2D eigenvalue weighted by molar-refractivity contribution is 0.0155. The minimum absolute atomic E-state index is 0.0645. The molecule has 0 heterocycles. The van der Waals surface area contributed by atoms with Gasteiger partial charge in [-0.3, -0.25) is 0 Å². The maximum Gasteiger partial charge on any atom is 0.338 e. The van der Waals surface area contributed by atoms with Gasteiger partial charge in [-0.05, 0) is 43.4 Å². The number of benzene rings is 1. The molecule has 1 fully saturated rings. The average Bonchev–Trinajstić information content (AvgIpc) is 2.47. The Morgan fingerprint density at radius 1 is 1.27 bits per heavy atom. The molecule has 1 aliphatic rings. The highest BCUT2D eigenvalue weighted by Gasteiger charge is 2.24. The molecule has 0 saturated heterocycles. The third-order valence-corrected chi connectivity index (χ3v) is 5.82. The van der Waals surface area contributed by atoms with Crippen molar-refractivity contribution in [3.05, 3.63) is 29.8 Å². The average molecular weight is 325 g/mol. The minimum Gasteiger partial charge on any atom is -0.459 e. The SMILES string of the molecule is C[C@@H]1CCC[C@@H](OC(=O)c2cccc(S(=O)(=O)N(C)C)c2)C1. The fourth-order valence-electron chi connectivity index (χ4n) is 2.70. The summed E-state index contributed by atoms with van der Waals surface area (Å²) in [5.41, 5.74) is 0.279. The lowest BCUT2D eigenvalue weighted by Gasteiger charge is -2.26. The number of hydrogen-bond acceptors (Lipinski definition) is 4. The fourth-order valence-corrected chi connectivity index (χ4v) is 3.65. The summed E-state index contributed by atoms with van der Waals surface area (Å²) in [7, 11) is -0.625. The molecule has 0 N–H and O–H groups in total. The molecule has 0 spiro atoms. The van der Waals surface area contributed by atoms with Crippen molar-refractivity contribution in [2.24, 2.45) is 5.92 Å². The summed E-state index contributed by atoms with van der Waals surface area (Å²) in [5, 5.41) is 0. The molecular formula is C16H23NO4S. The summed E-state index contributed by atoms with van der Waals surface area (Å²) in [6.07, 6.45) is 3.93. The highest BCUT2D eigenvalue weighted by molar-refractivity contribution is 7.89. The largest absolute Gasteiger partial charge is 0.459 e. The molecule has 5 nitrogen and oxygen atoms in total. The van der Waals surface area contributed by atoms with E-state index in [1.807, 2.05) is 0 Å². The zero-order valence-electron chi connectivity index (χ0n) is 13.3. The van der Waals surface area contributed by atoms with Gasteiger partial charge in [-0.1, -0.05) is 19.4 Å². The predicted octanol–water partition coefficient (Wildman–Crippen LogP) is 2.67. The van der Waals surface area contributed by atoms with E-state index in [2.05, 4.69) is 6.92 Å². The van der Waals surface area contributed by atoms with Crippen LogP contribution < -0.4 is 0 Å². The summed E-state index contributed by atoms with van der Waals surface area (Å²) in [6.45, 7) is 2.16. The highest BCUT2D eigenvalue weighted by Crippen LogP contribution is 2.26. The molecule has 1 saturated carbocycles. The van der Waals surface area contributed by atoms with E-state index in [0.29, 0.717) is 5.92 Å². The molecule has 0 amide bonds. The standard InChI is InChI=1S/C16H23NO4S/c1-12-6-4-8-14(10-12)21-16(18)13-7-5-9-15(11-13)22(19,20)17(2)3/h5,7,9,11-12,14H,4,6,8,10H2,1-3H3/t12-,14-/m1/s1. The molecule has 6 heteroatoms. The maximum absolute atomic E-state index is 12.2. The van der Waals surface area contributed by atoms with Crippen molar-refractivity contribution in [3.8, 4) is 0 Å². The first-order chi connectivity index (χ1) is 10.3. The Kier molecular flexibility index (Phi) is 5.24. The van der Waals surface area contributed by atoms with Crippen molar-refractivity contribution in [1.82, 2.24) is 4.31 Å². The van der Waals surface area contributed by atoms with Crippen LogP contribution in [0.1, 0.15) is 43.0 Å². The van der Waals surface area contributed by atoms with Crippen LogP contribution in [0, 0.1) is 5.92 Å². The molecule has 2 atom stereocenters. The summed E-state index contributed by atoms with van der Waals surface area (Å²) in [5.74, 6) is 0.113. The molecule has 0 radical (unpaired) electrons. The normalized spacial score (nSPS) is 22.5. The van der Waals surface area contributed by atoms with Crippen molar-refractivity contribution in [2.75, 3.05) is 14.1 Å². The van der Waals surface area contributed by atoms with Crippen LogP contribution in [0.4, 0.5) is 0 Å². The molecule has 2 rings (SSSR count). The van der Waals surface area contributed by atoms with Gasteiger partial charge in [0.05, 0.1) is 10.5 Å². The number of hydrogen-bond donors (Lipinski definition) is 0. The van der Waals surface area contributed by atoms with Crippen molar-refractivity contribution in [3.63, 3.8) is 0 Å². The van der Waals surface area contributed by atoms with Crippen molar-refractivity contribution in [1.29, 1.82) is 0 Å². The van der Waals surface area contributed by atoms with Crippen molar-refractivity contribution >= 4 is 16.0 Å². The van der Waals surface area contributed by atoms with E-state index >= 15 is 0 Å². The molecule has 0 bridgehead atoms. The second kappa shape index (κ2) is 6.79. The Hall–Kier alpha value is -1.40. The Labute approximate surface area is 132 Å². The van der Waals surface area contributed by atoms with Crippen LogP contribution in [0.25, 0.3) is 0 Å². The van der Waals surface area contributed by atoms with Crippen LogP contribution in [-0.2, 0) is 14.8 Å². The van der Waals surface area contributed by atoms with E-state index in [4.69, 9.17) is 4.74 Å². The van der Waals surface area contributed by atoms with Gasteiger partial charge in [0, 0.05) is 14.1 Å². The monoisotopic (exact) mass is 325 g/mol. The van der Waals surface area contributed by atoms with E-state index in [1.54, 1.807) is 12.1 Å². The van der Waals surface area contributed by atoms with Gasteiger partial charge in [-0.15, -0.1) is 0 Å². The van der Waals surface area contributed by atoms with Gasteiger partial charge >= 0.3 is 5.97 Å². The number of rotatable bonds is 4. The summed E-state index contributed by atoms with van der Waals surface area (Å²) in [6, 6.07) is 6.01. The third-order valence-electron chi connectivity index (χ3n) is 4.01. The first kappa shape index (κ1) is 17.0. The van der Waals surface area contributed by atoms with Crippen LogP contribution in [-0.4, -0.2) is 38.9 Å². The Balaban J connectivity index is 2.14. The predicted molar refractivity (Wildman–Crippen MR) is 84.2 cm³/mol. The quantitative estimate of drug-likeness (QED) is 0.798. The molecule has 122 valence electrons. The zero-order chi connectivity index (χ0) is 16.3. The van der Waals surface area contributed by atoms with Crippen LogP contribution in [0.3, 0.4) is 0 Å². The maximum atomic E-state index is 12.2. The lowest BCUT2D eigenvalue weighted by atomic mass is 9.89. The van der Waals surface area contributed by atoms with E-state index in [9.17, 15) is 13.2 Å². The van der Waals surface area contributed by atoms with Gasteiger partial charge in [0.25, 0.3) is 0 Å². The van der Waals surface area contributed by atoms with Crippen LogP contribution in [0.15, 0.2) is 29.2 Å². The summed E-state index contributed by atoms with van der Waals surface area (Å²) < 4.78 is 30.9. The van der Waals surface area contributed by atoms with Gasteiger partial charge in [-0.2, -0.15) is 0 Å². The number of nitrogens with zero attached hydrogens (tertiary/aromatic N) is 1. The van der Waals surface area contributed by atoms with E-state index < -0.39 is 16.0 Å². The van der Waals surface area contributed by atoms with Gasteiger partial charge in [0.15, 0.2) is 0 Å². The topological polar surface area (TPSA) is 63.7 Å². The molecule has 22 heavy (non-hydrogen) atoms. The van der Waals surface area contributed by atoms with Gasteiger partial charge in [0.1, 0.15) is 6.10 Å². The highest BCUT2D eigenvalue weighted by atomic mass is 32.2. The number of ether oxygens (including phenoxy) is 1. The number of esters is 1. The Morgan fingerprint density at radius 3 is 2.64 bits per heavy atom. The molecule has 0 aliphatic heterocycles. The van der Waals surface area contributed by atoms with Crippen molar-refractivity contribution in [2.45, 2.75) is 43.6 Å². The van der Waals surface area contributed by atoms with Gasteiger partial charge < -0.3 is 4.74 Å². The Bertz CT molecular complexity index is 639. The molecular weight excluding hydrogens is 302 g/mol. The molecule has 1 aliphatic carbocycles. The second-order valence-electron chi connectivity index (χ2n) is 6.11. The number of sulfonamides is 1. The third kappa shape index (κ3) is 3.87. The molecule has 1 aromatic rings. The summed E-state index contributed by atoms with van der Waals surface area (Å²) in [4.78, 5) is 12.3. The van der Waals surface area contributed by atoms with Crippen molar-refractivity contribution < 1.29 is 17.9 Å². The van der Waals surface area contributed by atoms with E-state index in [0.717, 1.165) is 23.6 Å². The smallest absolute Gasteiger partial charge is 0.338 e. The fraction of sp³-hybridized carbons (Fsp3) is 0.562. The van der Waals surface area contributed by atoms with E-state index in [1.165, 1.54) is 32.6 Å². The molecule has 0 aromatic heterocycles. The molecule has 0 unspecified atom stereocenters. The van der Waals surface area contributed by atoms with Crippen LogP contribution >= 0.6 is 0 Å². The molecule has 1 aromatic carbocycles. The van der Waals surface area contributed by atoms with E-state index in [-0.39, 0.29) is 16.6 Å². The summed E-state index contributed by atoms with van der Waals surface area (Å²) >= 11 is 0. The van der Waals surface area contributed by atoms with Gasteiger partial charge in [0.2, 0.25) is 10.0 Å². The van der Waals surface area contributed by atoms with Crippen LogP contribution in [0.5, 0.6) is 0 Å². The first-order valence-corrected chi connectivity index (χ1v) is 8.98. The first-order valence-electron chi connectivity index (χ1n) is 7.54. The number of carbonyl (C=O) groups excluding carboxylic acids is 1. The minimum atomic E-state index is -3.55.